The molecule has 0 aliphatic heterocycles. The van der Waals surface area contributed by atoms with Crippen LogP contribution in [0.3, 0.4) is 0 Å². The molecule has 5 rings (SSSR count). The van der Waals surface area contributed by atoms with Crippen molar-refractivity contribution < 1.29 is 35.0 Å². The molecule has 198 valence electrons. The summed E-state index contributed by atoms with van der Waals surface area (Å²) >= 11 is 0. The summed E-state index contributed by atoms with van der Waals surface area (Å²) in [6.07, 6.45) is 2.61. The number of anilines is 2. The fraction of sp³-hybridized carbons (Fsp3) is 0.190. The van der Waals surface area contributed by atoms with Gasteiger partial charge in [-0.3, -0.25) is 14.2 Å². The van der Waals surface area contributed by atoms with Crippen molar-refractivity contribution in [3.63, 3.8) is 0 Å². The van der Waals surface area contributed by atoms with E-state index in [-0.39, 0.29) is 29.4 Å². The van der Waals surface area contributed by atoms with Crippen molar-refractivity contribution in [3.05, 3.63) is 71.0 Å². The van der Waals surface area contributed by atoms with Crippen LogP contribution >= 0.6 is 0 Å². The third kappa shape index (κ3) is 4.74. The lowest BCUT2D eigenvalue weighted by atomic mass is 10.3. The number of fused-ring (bicyclic) bond motifs is 1. The van der Waals surface area contributed by atoms with Crippen LogP contribution in [-0.4, -0.2) is 56.2 Å². The van der Waals surface area contributed by atoms with Crippen LogP contribution in [0.15, 0.2) is 59.8 Å². The first-order valence-corrected chi connectivity index (χ1v) is 12.1. The summed E-state index contributed by atoms with van der Waals surface area (Å²) in [5.74, 6) is -1.91. The van der Waals surface area contributed by atoms with Gasteiger partial charge in [0.25, 0.3) is 11.5 Å². The molecule has 1 aliphatic carbocycles. The van der Waals surface area contributed by atoms with E-state index in [9.17, 15) is 35.6 Å². The number of imidazole rings is 1. The van der Waals surface area contributed by atoms with E-state index >= 15 is 0 Å². The highest BCUT2D eigenvalue weighted by molar-refractivity contribution is 7.88. The Morgan fingerprint density at radius 3 is 2.58 bits per heavy atom. The second-order valence-electron chi connectivity index (χ2n) is 8.00. The molecule has 1 saturated carbocycles. The lowest BCUT2D eigenvalue weighted by Crippen LogP contribution is -2.29. The first kappa shape index (κ1) is 25.1. The predicted molar refractivity (Wildman–Crippen MR) is 122 cm³/mol. The third-order valence-electron chi connectivity index (χ3n) is 5.28. The van der Waals surface area contributed by atoms with Crippen LogP contribution in [0.2, 0.25) is 0 Å². The van der Waals surface area contributed by atoms with Gasteiger partial charge >= 0.3 is 15.6 Å². The highest BCUT2D eigenvalue weighted by Gasteiger charge is 2.49. The first-order chi connectivity index (χ1) is 17.9. The second kappa shape index (κ2) is 9.09. The zero-order chi connectivity index (χ0) is 27.2. The van der Waals surface area contributed by atoms with Gasteiger partial charge in [0.05, 0.1) is 12.2 Å². The molecule has 0 bridgehead atoms. The molecule has 2 N–H and O–H groups in total. The molecule has 4 aromatic rings. The van der Waals surface area contributed by atoms with Crippen LogP contribution in [0.25, 0.3) is 11.5 Å². The summed E-state index contributed by atoms with van der Waals surface area (Å²) in [6, 6.07) is 7.66. The van der Waals surface area contributed by atoms with Crippen LogP contribution in [0, 0.1) is 0 Å². The van der Waals surface area contributed by atoms with E-state index in [0.717, 1.165) is 12.3 Å². The largest absolute Gasteiger partial charge is 0.534 e. The molecule has 38 heavy (non-hydrogen) atoms. The predicted octanol–water partition coefficient (Wildman–Crippen LogP) is 2.09. The summed E-state index contributed by atoms with van der Waals surface area (Å²) in [7, 11) is -6.14. The smallest absolute Gasteiger partial charge is 0.372 e. The van der Waals surface area contributed by atoms with E-state index in [4.69, 9.17) is 0 Å². The number of amides is 1. The van der Waals surface area contributed by atoms with Gasteiger partial charge in [0.2, 0.25) is 0 Å². The lowest BCUT2D eigenvalue weighted by molar-refractivity contribution is -0.0499. The van der Waals surface area contributed by atoms with Crippen molar-refractivity contribution in [3.8, 4) is 11.6 Å². The van der Waals surface area contributed by atoms with Crippen molar-refractivity contribution in [2.45, 2.75) is 24.1 Å². The van der Waals surface area contributed by atoms with Gasteiger partial charge in [-0.1, -0.05) is 6.07 Å². The van der Waals surface area contributed by atoms with Crippen LogP contribution < -0.4 is 20.4 Å². The molecular weight excluding hydrogens is 538 g/mol. The van der Waals surface area contributed by atoms with Crippen molar-refractivity contribution in [2.24, 2.45) is 0 Å². The van der Waals surface area contributed by atoms with Gasteiger partial charge < -0.3 is 14.8 Å². The number of alkyl halides is 4. The van der Waals surface area contributed by atoms with Gasteiger partial charge in [-0.2, -0.15) is 21.6 Å². The Bertz CT molecular complexity index is 1710. The number of carbonyl (C=O) groups excluding carboxylic acids is 1. The lowest BCUT2D eigenvalue weighted by Gasteiger charge is -2.13. The normalized spacial score (nSPS) is 17.3. The van der Waals surface area contributed by atoms with Gasteiger partial charge in [0.15, 0.2) is 22.9 Å². The zero-order valence-electron chi connectivity index (χ0n) is 18.8. The number of hydrogen-bond donors (Lipinski definition) is 2. The minimum absolute atomic E-state index is 0.0808. The Kier molecular flexibility index (Phi) is 6.01. The van der Waals surface area contributed by atoms with Crippen LogP contribution in [0.4, 0.5) is 29.1 Å². The maximum atomic E-state index is 13.3. The number of hydrogen-bond acceptors (Lipinski definition) is 9. The number of aromatic nitrogens is 5. The minimum Gasteiger partial charge on any atom is -0.372 e. The molecule has 17 heteroatoms. The van der Waals surface area contributed by atoms with E-state index in [1.165, 1.54) is 29.1 Å². The molecule has 4 heterocycles. The van der Waals surface area contributed by atoms with Gasteiger partial charge in [-0.05, 0) is 24.3 Å². The molecule has 4 aromatic heterocycles. The number of nitrogens with one attached hydrogen (secondary N) is 2. The first-order valence-electron chi connectivity index (χ1n) is 10.7. The maximum absolute atomic E-state index is 13.3. The average Bonchev–Trinajstić information content (AvgIpc) is 3.37. The van der Waals surface area contributed by atoms with Gasteiger partial charge in [-0.25, -0.2) is 18.9 Å². The number of pyridine rings is 2. The number of rotatable bonds is 7. The standard InChI is InChI=1S/C21H15F4N7O5S/c22-11-8-13(11)29-19(33)14-10-27-18-15(37-38(35,36)21(23,24)25)9-16(30-32(14)18)28-12-4-3-7-31(20(12)34)17-5-1-2-6-26-17/h1-7,9-11,13H,8H2,(H,28,30)(H,29,33)/t11-,13+/m0/s1. The molecule has 2 atom stereocenters. The van der Waals surface area contributed by atoms with E-state index in [1.807, 2.05) is 0 Å². The Morgan fingerprint density at radius 2 is 1.92 bits per heavy atom. The van der Waals surface area contributed by atoms with E-state index in [0.29, 0.717) is 4.52 Å². The molecule has 0 unspecified atom stereocenters. The van der Waals surface area contributed by atoms with Gasteiger partial charge in [0, 0.05) is 24.9 Å². The molecule has 0 aromatic carbocycles. The Morgan fingerprint density at radius 1 is 1.16 bits per heavy atom. The number of carbonyl (C=O) groups is 1. The van der Waals surface area contributed by atoms with E-state index in [1.54, 1.807) is 18.2 Å². The monoisotopic (exact) mass is 553 g/mol. The molecule has 0 spiro atoms. The SMILES string of the molecule is O=C(N[C@@H]1C[C@@H]1F)c1cnc2c(OS(=O)(=O)C(F)(F)F)cc(Nc3cccn(-c4ccccn4)c3=O)nn12. The van der Waals surface area contributed by atoms with E-state index < -0.39 is 50.7 Å². The molecule has 1 amide bonds. The number of nitrogens with zero attached hydrogens (tertiary/aromatic N) is 5. The summed E-state index contributed by atoms with van der Waals surface area (Å²) in [5, 5.41) is 9.01. The van der Waals surface area contributed by atoms with Gasteiger partial charge in [-0.15, -0.1) is 5.10 Å². The van der Waals surface area contributed by atoms with E-state index in [2.05, 4.69) is 29.9 Å². The summed E-state index contributed by atoms with van der Waals surface area (Å²) < 4.78 is 81.9. The van der Waals surface area contributed by atoms with Crippen molar-refractivity contribution in [1.29, 1.82) is 0 Å². The fourth-order valence-electron chi connectivity index (χ4n) is 3.34. The quantitative estimate of drug-likeness (QED) is 0.199. The van der Waals surface area contributed by atoms with Gasteiger partial charge in [0.1, 0.15) is 17.7 Å². The number of halogens is 4. The Balaban J connectivity index is 1.59. The minimum atomic E-state index is -6.14. The van der Waals surface area contributed by atoms with Crippen LogP contribution in [0.5, 0.6) is 5.75 Å². The van der Waals surface area contributed by atoms with Crippen molar-refractivity contribution in [2.75, 3.05) is 5.32 Å². The van der Waals surface area contributed by atoms with Crippen LogP contribution in [-0.2, 0) is 10.1 Å². The molecule has 0 radical (unpaired) electrons. The van der Waals surface area contributed by atoms with Crippen LogP contribution in [0.1, 0.15) is 16.9 Å². The molecule has 0 saturated heterocycles. The summed E-state index contributed by atoms with van der Waals surface area (Å²) in [6.45, 7) is 0. The fourth-order valence-corrected chi connectivity index (χ4v) is 3.80. The second-order valence-corrected chi connectivity index (χ2v) is 9.54. The molecule has 1 aliphatic rings. The zero-order valence-corrected chi connectivity index (χ0v) is 19.6. The Labute approximate surface area is 210 Å². The van der Waals surface area contributed by atoms with Crippen molar-refractivity contribution in [1.82, 2.24) is 29.5 Å². The van der Waals surface area contributed by atoms with Crippen molar-refractivity contribution >= 4 is 33.2 Å². The topological polar surface area (TPSA) is 150 Å². The molecular formula is C21H15F4N7O5S. The average molecular weight is 553 g/mol. The molecule has 1 fully saturated rings. The molecule has 12 nitrogen and oxygen atoms in total. The highest BCUT2D eigenvalue weighted by atomic mass is 32.2. The third-order valence-corrected chi connectivity index (χ3v) is 6.25. The summed E-state index contributed by atoms with van der Waals surface area (Å²) in [5.41, 5.74) is -7.44. The Hall–Kier alpha value is -4.54. The summed E-state index contributed by atoms with van der Waals surface area (Å²) in [4.78, 5) is 33.4. The maximum Gasteiger partial charge on any atom is 0.534 e. The highest BCUT2D eigenvalue weighted by Crippen LogP contribution is 2.31.